The summed E-state index contributed by atoms with van der Waals surface area (Å²) in [7, 11) is 0. The third-order valence-electron chi connectivity index (χ3n) is 3.03. The molecule has 4 heteroatoms. The Labute approximate surface area is 107 Å². The Balaban J connectivity index is 2.12. The van der Waals surface area contributed by atoms with Gasteiger partial charge in [-0.05, 0) is 30.8 Å². The van der Waals surface area contributed by atoms with Crippen LogP contribution in [0.15, 0.2) is 47.2 Å². The van der Waals surface area contributed by atoms with Crippen LogP contribution in [-0.2, 0) is 6.54 Å². The smallest absolute Gasteiger partial charge is 0.122 e. The van der Waals surface area contributed by atoms with Crippen molar-refractivity contribution in [3.8, 4) is 0 Å². The van der Waals surface area contributed by atoms with Gasteiger partial charge in [0.25, 0.3) is 0 Å². The number of likely N-dealkylation sites (N-methyl/N-ethyl adjacent to an activating group) is 1. The van der Waals surface area contributed by atoms with E-state index in [4.69, 9.17) is 10.2 Å². The number of nitrogens with zero attached hydrogens (tertiary/aromatic N) is 2. The molecule has 2 N–H and O–H groups in total. The zero-order chi connectivity index (χ0) is 12.8. The third kappa shape index (κ3) is 2.97. The van der Waals surface area contributed by atoms with Crippen LogP contribution in [0.1, 0.15) is 24.4 Å². The quantitative estimate of drug-likeness (QED) is 0.847. The predicted octanol–water partition coefficient (Wildman–Crippen LogP) is 2.20. The van der Waals surface area contributed by atoms with Crippen molar-refractivity contribution in [2.24, 2.45) is 5.73 Å². The highest BCUT2D eigenvalue weighted by Gasteiger charge is 2.20. The number of rotatable bonds is 6. The lowest BCUT2D eigenvalue weighted by molar-refractivity contribution is 0.178. The van der Waals surface area contributed by atoms with Gasteiger partial charge in [-0.3, -0.25) is 9.88 Å². The molecule has 0 fully saturated rings. The molecule has 1 atom stereocenters. The minimum atomic E-state index is 0.104. The van der Waals surface area contributed by atoms with E-state index in [0.29, 0.717) is 6.54 Å². The van der Waals surface area contributed by atoms with Crippen molar-refractivity contribution in [3.63, 3.8) is 0 Å². The molecule has 96 valence electrons. The van der Waals surface area contributed by atoms with Crippen LogP contribution in [0.5, 0.6) is 0 Å². The molecule has 0 aliphatic carbocycles. The van der Waals surface area contributed by atoms with Crippen LogP contribution >= 0.6 is 0 Å². The van der Waals surface area contributed by atoms with E-state index in [9.17, 15) is 0 Å². The second kappa shape index (κ2) is 6.33. The maximum absolute atomic E-state index is 5.87. The number of hydrogen-bond donors (Lipinski definition) is 1. The van der Waals surface area contributed by atoms with Gasteiger partial charge in [-0.2, -0.15) is 0 Å². The van der Waals surface area contributed by atoms with Crippen LogP contribution in [0.2, 0.25) is 0 Å². The Bertz CT molecular complexity index is 441. The number of pyridine rings is 1. The summed E-state index contributed by atoms with van der Waals surface area (Å²) in [5.41, 5.74) is 6.92. The lowest BCUT2D eigenvalue weighted by Crippen LogP contribution is -2.33. The van der Waals surface area contributed by atoms with Crippen LogP contribution < -0.4 is 5.73 Å². The molecule has 1 unspecified atom stereocenters. The average Bonchev–Trinajstić information content (AvgIpc) is 2.93. The third-order valence-corrected chi connectivity index (χ3v) is 3.03. The van der Waals surface area contributed by atoms with E-state index in [-0.39, 0.29) is 6.04 Å². The minimum Gasteiger partial charge on any atom is -0.468 e. The lowest BCUT2D eigenvalue weighted by atomic mass is 10.1. The first-order chi connectivity index (χ1) is 8.85. The van der Waals surface area contributed by atoms with Gasteiger partial charge >= 0.3 is 0 Å². The summed E-state index contributed by atoms with van der Waals surface area (Å²) in [5, 5.41) is 0. The average molecular weight is 245 g/mol. The molecule has 18 heavy (non-hydrogen) atoms. The standard InChI is InChI=1S/C14H19N3O/c1-2-17(11-12-6-3-4-8-16-12)13(10-15)14-7-5-9-18-14/h3-9,13H,2,10-11,15H2,1H3. The molecule has 0 bridgehead atoms. The maximum atomic E-state index is 5.87. The Hall–Kier alpha value is -1.65. The molecule has 0 amide bonds. The predicted molar refractivity (Wildman–Crippen MR) is 70.8 cm³/mol. The number of aromatic nitrogens is 1. The van der Waals surface area contributed by atoms with Gasteiger partial charge in [0, 0.05) is 19.3 Å². The molecule has 2 aromatic heterocycles. The topological polar surface area (TPSA) is 55.3 Å². The summed E-state index contributed by atoms with van der Waals surface area (Å²) in [4.78, 5) is 6.62. The Morgan fingerprint density at radius 3 is 2.78 bits per heavy atom. The minimum absolute atomic E-state index is 0.104. The van der Waals surface area contributed by atoms with Gasteiger partial charge in [-0.25, -0.2) is 0 Å². The molecule has 0 saturated carbocycles. The first-order valence-corrected chi connectivity index (χ1v) is 6.22. The van der Waals surface area contributed by atoms with Gasteiger partial charge in [-0.1, -0.05) is 13.0 Å². The molecule has 0 saturated heterocycles. The fourth-order valence-electron chi connectivity index (χ4n) is 2.07. The van der Waals surface area contributed by atoms with Crippen LogP contribution in [-0.4, -0.2) is 23.0 Å². The first-order valence-electron chi connectivity index (χ1n) is 6.22. The largest absolute Gasteiger partial charge is 0.468 e. The van der Waals surface area contributed by atoms with Gasteiger partial charge < -0.3 is 10.2 Å². The SMILES string of the molecule is CCN(Cc1ccccn1)C(CN)c1ccco1. The second-order valence-corrected chi connectivity index (χ2v) is 4.15. The molecule has 4 nitrogen and oxygen atoms in total. The Morgan fingerprint density at radius 2 is 2.22 bits per heavy atom. The molecule has 0 radical (unpaired) electrons. The van der Waals surface area contributed by atoms with Gasteiger partial charge in [0.1, 0.15) is 5.76 Å². The van der Waals surface area contributed by atoms with E-state index in [1.165, 1.54) is 0 Å². The highest BCUT2D eigenvalue weighted by Crippen LogP contribution is 2.21. The molecular formula is C14H19N3O. The van der Waals surface area contributed by atoms with E-state index in [0.717, 1.165) is 24.5 Å². The van der Waals surface area contributed by atoms with Crippen molar-refractivity contribution in [3.05, 3.63) is 54.2 Å². The van der Waals surface area contributed by atoms with E-state index >= 15 is 0 Å². The van der Waals surface area contributed by atoms with Crippen LogP contribution in [0, 0.1) is 0 Å². The van der Waals surface area contributed by atoms with Crippen LogP contribution in [0.25, 0.3) is 0 Å². The van der Waals surface area contributed by atoms with Crippen molar-refractivity contribution in [2.75, 3.05) is 13.1 Å². The van der Waals surface area contributed by atoms with Gasteiger partial charge in [0.05, 0.1) is 18.0 Å². The molecular weight excluding hydrogens is 226 g/mol. The summed E-state index contributed by atoms with van der Waals surface area (Å²) in [6.07, 6.45) is 3.50. The van der Waals surface area contributed by atoms with E-state index in [2.05, 4.69) is 16.8 Å². The lowest BCUT2D eigenvalue weighted by Gasteiger charge is -2.27. The number of hydrogen-bond acceptors (Lipinski definition) is 4. The molecule has 2 heterocycles. The Kier molecular flexibility index (Phi) is 4.50. The summed E-state index contributed by atoms with van der Waals surface area (Å²) >= 11 is 0. The number of nitrogens with two attached hydrogens (primary N) is 1. The van der Waals surface area contributed by atoms with Crippen molar-refractivity contribution in [2.45, 2.75) is 19.5 Å². The second-order valence-electron chi connectivity index (χ2n) is 4.15. The molecule has 0 aliphatic heterocycles. The van der Waals surface area contributed by atoms with Gasteiger partial charge in [-0.15, -0.1) is 0 Å². The first kappa shape index (κ1) is 12.8. The summed E-state index contributed by atoms with van der Waals surface area (Å²) in [6.45, 7) is 4.34. The van der Waals surface area contributed by atoms with Crippen molar-refractivity contribution < 1.29 is 4.42 Å². The Morgan fingerprint density at radius 1 is 1.33 bits per heavy atom. The fourth-order valence-corrected chi connectivity index (χ4v) is 2.07. The zero-order valence-electron chi connectivity index (χ0n) is 10.6. The molecule has 2 rings (SSSR count). The zero-order valence-corrected chi connectivity index (χ0v) is 10.6. The van der Waals surface area contributed by atoms with Gasteiger partial charge in [0.2, 0.25) is 0 Å². The van der Waals surface area contributed by atoms with E-state index in [1.807, 2.05) is 36.5 Å². The van der Waals surface area contributed by atoms with E-state index in [1.54, 1.807) is 6.26 Å². The maximum Gasteiger partial charge on any atom is 0.122 e. The van der Waals surface area contributed by atoms with Crippen LogP contribution in [0.4, 0.5) is 0 Å². The fraction of sp³-hybridized carbons (Fsp3) is 0.357. The summed E-state index contributed by atoms with van der Waals surface area (Å²) in [6, 6.07) is 9.92. The van der Waals surface area contributed by atoms with Crippen molar-refractivity contribution in [1.29, 1.82) is 0 Å². The molecule has 2 aromatic rings. The van der Waals surface area contributed by atoms with Crippen LogP contribution in [0.3, 0.4) is 0 Å². The highest BCUT2D eigenvalue weighted by molar-refractivity contribution is 5.08. The van der Waals surface area contributed by atoms with Crippen molar-refractivity contribution in [1.82, 2.24) is 9.88 Å². The monoisotopic (exact) mass is 245 g/mol. The van der Waals surface area contributed by atoms with E-state index < -0.39 is 0 Å². The summed E-state index contributed by atoms with van der Waals surface area (Å²) in [5.74, 6) is 0.912. The molecule has 0 aliphatic rings. The molecule has 0 spiro atoms. The molecule has 0 aromatic carbocycles. The van der Waals surface area contributed by atoms with Crippen molar-refractivity contribution >= 4 is 0 Å². The normalized spacial score (nSPS) is 12.8. The van der Waals surface area contributed by atoms with Gasteiger partial charge in [0.15, 0.2) is 0 Å². The highest BCUT2D eigenvalue weighted by atomic mass is 16.3. The number of furan rings is 1. The summed E-state index contributed by atoms with van der Waals surface area (Å²) < 4.78 is 5.46.